The summed E-state index contributed by atoms with van der Waals surface area (Å²) in [6.07, 6.45) is -6.20. The summed E-state index contributed by atoms with van der Waals surface area (Å²) in [5.74, 6) is -0.594. The van der Waals surface area contributed by atoms with Crippen molar-refractivity contribution in [2.75, 3.05) is 6.61 Å². The zero-order valence-electron chi connectivity index (χ0n) is 22.2. The number of alkyl halides is 6. The van der Waals surface area contributed by atoms with Crippen LogP contribution in [0.1, 0.15) is 43.7 Å². The molecule has 0 radical (unpaired) electrons. The van der Waals surface area contributed by atoms with Crippen LogP contribution in [0.25, 0.3) is 16.7 Å². The summed E-state index contributed by atoms with van der Waals surface area (Å²) in [7, 11) is 0. The normalized spacial score (nSPS) is 12.2. The molecule has 42 heavy (non-hydrogen) atoms. The van der Waals surface area contributed by atoms with Gasteiger partial charge in [0.25, 0.3) is 0 Å². The monoisotopic (exact) mass is 600 g/mol. The molecule has 4 rings (SSSR count). The van der Waals surface area contributed by atoms with Gasteiger partial charge in [-0.2, -0.15) is 13.2 Å². The van der Waals surface area contributed by atoms with Crippen LogP contribution in [-0.2, 0) is 19.1 Å². The minimum Gasteiger partial charge on any atom is -0.493 e. The lowest BCUT2D eigenvalue weighted by Gasteiger charge is -2.15. The molecule has 0 unspecified atom stereocenters. The largest absolute Gasteiger partial charge is 0.573 e. The Morgan fingerprint density at radius 2 is 1.74 bits per heavy atom. The zero-order valence-corrected chi connectivity index (χ0v) is 22.2. The third kappa shape index (κ3) is 7.09. The first-order chi connectivity index (χ1) is 19.8. The van der Waals surface area contributed by atoms with Crippen LogP contribution in [0.15, 0.2) is 62.7 Å². The summed E-state index contributed by atoms with van der Waals surface area (Å²) < 4.78 is 94.9. The molecule has 0 fully saturated rings. The maximum absolute atomic E-state index is 13.5. The molecule has 8 nitrogen and oxygen atoms in total. The molecule has 0 aliphatic rings. The van der Waals surface area contributed by atoms with E-state index in [1.54, 1.807) is 0 Å². The maximum Gasteiger partial charge on any atom is 0.573 e. The predicted molar refractivity (Wildman–Crippen MR) is 139 cm³/mol. The number of hydrogen-bond acceptors (Lipinski definition) is 6. The standard InChI is InChI=1S/C28H26F6N2O6/c1-2-7-20-22(11-10-19-21(27(29,30)31)15-24(38)41-25(19)20)40-13-5-3-4-12-35-23(37)16-36(26(35)39)17-8-6-9-18(14-17)42-28(32,33)34/h6,8-11,14-16,37H,2-5,7,12-13H2,1H3. The fraction of sp³-hybridized carbons (Fsp3) is 0.357. The van der Waals surface area contributed by atoms with Crippen molar-refractivity contribution in [2.24, 2.45) is 0 Å². The lowest BCUT2D eigenvalue weighted by atomic mass is 10.0. The molecular formula is C28H26F6N2O6. The number of imidazole rings is 1. The molecule has 0 amide bonds. The molecule has 226 valence electrons. The second-order valence-electron chi connectivity index (χ2n) is 9.39. The van der Waals surface area contributed by atoms with Gasteiger partial charge < -0.3 is 19.0 Å². The number of aryl methyl sites for hydroxylation is 1. The fourth-order valence-electron chi connectivity index (χ4n) is 4.55. The van der Waals surface area contributed by atoms with Gasteiger partial charge in [0.1, 0.15) is 17.1 Å². The lowest BCUT2D eigenvalue weighted by molar-refractivity contribution is -0.274. The molecule has 0 atom stereocenters. The predicted octanol–water partition coefficient (Wildman–Crippen LogP) is 6.57. The van der Waals surface area contributed by atoms with E-state index in [9.17, 15) is 41.0 Å². The number of hydrogen-bond donors (Lipinski definition) is 1. The van der Waals surface area contributed by atoms with E-state index in [-0.39, 0.29) is 35.7 Å². The van der Waals surface area contributed by atoms with Crippen molar-refractivity contribution < 1.29 is 45.3 Å². The van der Waals surface area contributed by atoms with Crippen LogP contribution in [0, 0.1) is 0 Å². The number of halogens is 6. The van der Waals surface area contributed by atoms with Crippen molar-refractivity contribution in [1.29, 1.82) is 0 Å². The Morgan fingerprint density at radius 3 is 2.43 bits per heavy atom. The van der Waals surface area contributed by atoms with Gasteiger partial charge in [0.05, 0.1) is 24.1 Å². The number of unbranched alkanes of at least 4 members (excludes halogenated alkanes) is 2. The van der Waals surface area contributed by atoms with Gasteiger partial charge in [-0.1, -0.05) is 19.4 Å². The number of fused-ring (bicyclic) bond motifs is 1. The molecule has 2 aromatic heterocycles. The number of aromatic hydroxyl groups is 1. The van der Waals surface area contributed by atoms with Gasteiger partial charge in [0.15, 0.2) is 0 Å². The van der Waals surface area contributed by atoms with E-state index in [2.05, 4.69) is 4.74 Å². The number of ether oxygens (including phenoxy) is 2. The third-order valence-electron chi connectivity index (χ3n) is 6.35. The maximum atomic E-state index is 13.5. The Bertz CT molecular complexity index is 1670. The number of aromatic nitrogens is 2. The number of benzene rings is 2. The number of rotatable bonds is 11. The van der Waals surface area contributed by atoms with Crippen LogP contribution in [0.4, 0.5) is 26.3 Å². The fourth-order valence-corrected chi connectivity index (χ4v) is 4.55. The van der Waals surface area contributed by atoms with Crippen molar-refractivity contribution in [1.82, 2.24) is 9.13 Å². The summed E-state index contributed by atoms with van der Waals surface area (Å²) in [4.78, 5) is 24.6. The van der Waals surface area contributed by atoms with Gasteiger partial charge >= 0.3 is 23.9 Å². The van der Waals surface area contributed by atoms with Crippen LogP contribution >= 0.6 is 0 Å². The Kier molecular flexibility index (Phi) is 8.92. The first kappa shape index (κ1) is 30.6. The number of nitrogens with zero attached hydrogens (tertiary/aromatic N) is 2. The molecule has 2 aromatic carbocycles. The molecule has 1 N–H and O–H groups in total. The van der Waals surface area contributed by atoms with E-state index < -0.39 is 35.2 Å². The van der Waals surface area contributed by atoms with E-state index >= 15 is 0 Å². The minimum atomic E-state index is -4.90. The molecule has 4 aromatic rings. The lowest BCUT2D eigenvalue weighted by Crippen LogP contribution is -2.23. The summed E-state index contributed by atoms with van der Waals surface area (Å²) in [5, 5.41) is 10.0. The average Bonchev–Trinajstić information content (AvgIpc) is 3.18. The zero-order chi connectivity index (χ0) is 30.7. The summed E-state index contributed by atoms with van der Waals surface area (Å²) >= 11 is 0. The van der Waals surface area contributed by atoms with Crippen LogP contribution in [-0.4, -0.2) is 27.2 Å². The van der Waals surface area contributed by atoms with Crippen LogP contribution in [0.5, 0.6) is 17.4 Å². The Labute approximate surface area is 234 Å². The molecule has 0 bridgehead atoms. The van der Waals surface area contributed by atoms with Gasteiger partial charge in [-0.05, 0) is 49.9 Å². The van der Waals surface area contributed by atoms with Gasteiger partial charge in [0, 0.05) is 29.6 Å². The molecule has 0 aliphatic heterocycles. The highest BCUT2D eigenvalue weighted by Crippen LogP contribution is 2.37. The highest BCUT2D eigenvalue weighted by molar-refractivity contribution is 5.85. The van der Waals surface area contributed by atoms with Crippen LogP contribution in [0.3, 0.4) is 0 Å². The summed E-state index contributed by atoms with van der Waals surface area (Å²) in [5.41, 5.74) is -2.58. The highest BCUT2D eigenvalue weighted by Gasteiger charge is 2.34. The topological polar surface area (TPSA) is 95.8 Å². The third-order valence-corrected chi connectivity index (χ3v) is 6.35. The minimum absolute atomic E-state index is 0.0701. The van der Waals surface area contributed by atoms with Crippen LogP contribution < -0.4 is 20.8 Å². The molecule has 0 spiro atoms. The van der Waals surface area contributed by atoms with Crippen molar-refractivity contribution in [3.8, 4) is 23.1 Å². The van der Waals surface area contributed by atoms with Gasteiger partial charge in [-0.3, -0.25) is 9.13 Å². The molecule has 0 saturated carbocycles. The van der Waals surface area contributed by atoms with Crippen LogP contribution in [0.2, 0.25) is 0 Å². The highest BCUT2D eigenvalue weighted by atomic mass is 19.4. The van der Waals surface area contributed by atoms with E-state index in [0.29, 0.717) is 49.5 Å². The van der Waals surface area contributed by atoms with Gasteiger partial charge in [0.2, 0.25) is 5.88 Å². The first-order valence-electron chi connectivity index (χ1n) is 13.0. The van der Waals surface area contributed by atoms with Crippen molar-refractivity contribution in [2.45, 2.75) is 58.1 Å². The Hall–Kier alpha value is -4.36. The summed E-state index contributed by atoms with van der Waals surface area (Å²) in [6.45, 7) is 2.12. The van der Waals surface area contributed by atoms with Gasteiger partial charge in [-0.25, -0.2) is 9.59 Å². The first-order valence-corrected chi connectivity index (χ1v) is 13.0. The van der Waals surface area contributed by atoms with E-state index in [0.717, 1.165) is 27.5 Å². The molecular weight excluding hydrogens is 574 g/mol. The molecule has 2 heterocycles. The second-order valence-corrected chi connectivity index (χ2v) is 9.39. The smallest absolute Gasteiger partial charge is 0.493 e. The van der Waals surface area contributed by atoms with Gasteiger partial charge in [-0.15, -0.1) is 13.2 Å². The van der Waals surface area contributed by atoms with Crippen molar-refractivity contribution in [3.63, 3.8) is 0 Å². The van der Waals surface area contributed by atoms with E-state index in [4.69, 9.17) is 9.15 Å². The second kappa shape index (κ2) is 12.2. The quantitative estimate of drug-likeness (QED) is 0.119. The molecule has 0 aliphatic carbocycles. The Balaban J connectivity index is 1.39. The molecule has 14 heteroatoms. The average molecular weight is 601 g/mol. The van der Waals surface area contributed by atoms with E-state index in [1.165, 1.54) is 24.3 Å². The van der Waals surface area contributed by atoms with Crippen molar-refractivity contribution in [3.05, 3.63) is 80.7 Å². The summed E-state index contributed by atoms with van der Waals surface area (Å²) in [6, 6.07) is 7.82. The SMILES string of the molecule is CCCc1c(OCCCCCn2c(O)cn(-c3cccc(OC(F)(F)F)c3)c2=O)ccc2c(C(F)(F)F)cc(=O)oc12. The van der Waals surface area contributed by atoms with Crippen molar-refractivity contribution >= 4 is 11.0 Å². The van der Waals surface area contributed by atoms with E-state index in [1.807, 2.05) is 6.92 Å². The molecule has 0 saturated heterocycles. The Morgan fingerprint density at radius 1 is 0.976 bits per heavy atom.